The maximum Gasteiger partial charge on any atom is 0.471 e. The van der Waals surface area contributed by atoms with E-state index in [1.807, 2.05) is 0 Å². The number of hydrogen-bond donors (Lipinski definition) is 1. The van der Waals surface area contributed by atoms with Crippen molar-refractivity contribution in [2.45, 2.75) is 25.1 Å². The van der Waals surface area contributed by atoms with Crippen LogP contribution >= 0.6 is 0 Å². The van der Waals surface area contributed by atoms with E-state index in [0.717, 1.165) is 0 Å². The molecule has 1 aliphatic heterocycles. The van der Waals surface area contributed by atoms with Crippen LogP contribution in [-0.4, -0.2) is 40.0 Å². The van der Waals surface area contributed by atoms with Gasteiger partial charge in [0.05, 0.1) is 5.52 Å². The van der Waals surface area contributed by atoms with E-state index in [1.54, 1.807) is 0 Å². The van der Waals surface area contributed by atoms with E-state index in [1.165, 1.54) is 29.8 Å². The fraction of sp³-hybridized carbons (Fsp3) is 0.400. The maximum atomic E-state index is 12.6. The molecule has 1 aromatic carbocycles. The summed E-state index contributed by atoms with van der Waals surface area (Å²) in [5.74, 6) is -3.29. The normalized spacial score (nSPS) is 17.9. The number of halogens is 3. The molecule has 2 amide bonds. The van der Waals surface area contributed by atoms with Gasteiger partial charge >= 0.3 is 17.8 Å². The predicted molar refractivity (Wildman–Crippen MR) is 80.9 cm³/mol. The molecule has 0 aliphatic carbocycles. The third-order valence-corrected chi connectivity index (χ3v) is 4.12. The molecule has 1 N–H and O–H groups in total. The molecule has 1 aliphatic rings. The van der Waals surface area contributed by atoms with Crippen LogP contribution in [0, 0.1) is 0 Å². The number of aryl methyl sites for hydroxylation is 1. The molecule has 10 heteroatoms. The Morgan fingerprint density at radius 2 is 2.04 bits per heavy atom. The van der Waals surface area contributed by atoms with Gasteiger partial charge in [-0.15, -0.1) is 0 Å². The summed E-state index contributed by atoms with van der Waals surface area (Å²) < 4.78 is 44.1. The number of oxazole rings is 1. The Labute approximate surface area is 139 Å². The number of rotatable bonds is 2. The zero-order chi connectivity index (χ0) is 18.4. The molecule has 0 radical (unpaired) electrons. The summed E-state index contributed by atoms with van der Waals surface area (Å²) in [7, 11) is 1.49. The van der Waals surface area contributed by atoms with E-state index in [0.29, 0.717) is 28.1 Å². The average molecular weight is 357 g/mol. The second-order valence-electron chi connectivity index (χ2n) is 5.75. The number of likely N-dealkylation sites (tertiary alicyclic amines) is 1. The van der Waals surface area contributed by atoms with Crippen LogP contribution in [0.2, 0.25) is 0 Å². The fourth-order valence-electron chi connectivity index (χ4n) is 2.88. The summed E-state index contributed by atoms with van der Waals surface area (Å²) in [5.41, 5.74) is 1.04. The van der Waals surface area contributed by atoms with Crippen molar-refractivity contribution in [3.8, 4) is 0 Å². The molecule has 0 saturated carbocycles. The zero-order valence-corrected chi connectivity index (χ0v) is 13.1. The van der Waals surface area contributed by atoms with E-state index in [-0.39, 0.29) is 13.0 Å². The van der Waals surface area contributed by atoms with E-state index < -0.39 is 29.8 Å². The molecule has 1 atom stereocenters. The van der Waals surface area contributed by atoms with Crippen LogP contribution in [0.1, 0.15) is 12.8 Å². The Kier molecular flexibility index (Phi) is 4.05. The zero-order valence-electron chi connectivity index (χ0n) is 13.1. The molecular weight excluding hydrogens is 343 g/mol. The van der Waals surface area contributed by atoms with Gasteiger partial charge in [-0.25, -0.2) is 4.79 Å². The summed E-state index contributed by atoms with van der Waals surface area (Å²) in [6.07, 6.45) is -4.55. The van der Waals surface area contributed by atoms with Crippen molar-refractivity contribution in [3.05, 3.63) is 28.7 Å². The average Bonchev–Trinajstić information content (AvgIpc) is 3.12. The molecule has 3 rings (SSSR count). The van der Waals surface area contributed by atoms with Gasteiger partial charge in [-0.2, -0.15) is 13.2 Å². The first kappa shape index (κ1) is 17.1. The lowest BCUT2D eigenvalue weighted by atomic mass is 10.2. The monoisotopic (exact) mass is 357 g/mol. The van der Waals surface area contributed by atoms with Gasteiger partial charge in [0.15, 0.2) is 5.58 Å². The lowest BCUT2D eigenvalue weighted by molar-refractivity contribution is -0.186. The van der Waals surface area contributed by atoms with Crippen molar-refractivity contribution in [2.24, 2.45) is 7.05 Å². The molecule has 134 valence electrons. The van der Waals surface area contributed by atoms with Gasteiger partial charge in [0, 0.05) is 19.3 Å². The number of fused-ring (bicyclic) bond motifs is 1. The largest absolute Gasteiger partial charge is 0.471 e. The number of alkyl halides is 3. The van der Waals surface area contributed by atoms with Gasteiger partial charge in [0.2, 0.25) is 5.91 Å². The Bertz CT molecular complexity index is 900. The number of amides is 2. The Morgan fingerprint density at radius 3 is 2.72 bits per heavy atom. The van der Waals surface area contributed by atoms with E-state index in [4.69, 9.17) is 4.42 Å². The van der Waals surface area contributed by atoms with Crippen LogP contribution in [0.25, 0.3) is 11.1 Å². The third-order valence-electron chi connectivity index (χ3n) is 4.12. The fourth-order valence-corrected chi connectivity index (χ4v) is 2.88. The van der Waals surface area contributed by atoms with Crippen molar-refractivity contribution in [1.29, 1.82) is 0 Å². The topological polar surface area (TPSA) is 84.6 Å². The highest BCUT2D eigenvalue weighted by atomic mass is 19.4. The Hall–Kier alpha value is -2.78. The molecule has 1 saturated heterocycles. The molecule has 1 fully saturated rings. The van der Waals surface area contributed by atoms with Gasteiger partial charge < -0.3 is 14.6 Å². The molecule has 7 nitrogen and oxygen atoms in total. The van der Waals surface area contributed by atoms with E-state index in [2.05, 4.69) is 5.32 Å². The summed E-state index contributed by atoms with van der Waals surface area (Å²) in [6, 6.07) is 3.23. The number of hydrogen-bond acceptors (Lipinski definition) is 4. The molecule has 0 bridgehead atoms. The number of nitrogens with one attached hydrogen (secondary N) is 1. The van der Waals surface area contributed by atoms with Gasteiger partial charge in [0.1, 0.15) is 6.04 Å². The molecule has 0 spiro atoms. The number of anilines is 1. The summed E-state index contributed by atoms with van der Waals surface area (Å²) in [4.78, 5) is 35.7. The first-order valence-electron chi connectivity index (χ1n) is 7.46. The van der Waals surface area contributed by atoms with Crippen molar-refractivity contribution >= 4 is 28.6 Å². The number of carbonyl (C=O) groups is 2. The molecular formula is C15H14F3N3O4. The van der Waals surface area contributed by atoms with Crippen molar-refractivity contribution < 1.29 is 27.2 Å². The lowest BCUT2D eigenvalue weighted by Gasteiger charge is -2.24. The van der Waals surface area contributed by atoms with Crippen LogP contribution in [-0.2, 0) is 16.6 Å². The molecule has 2 heterocycles. The van der Waals surface area contributed by atoms with Crippen molar-refractivity contribution in [2.75, 3.05) is 11.9 Å². The standard InChI is InChI=1S/C15H14F3N3O4/c1-20-10-7-8(4-5-11(10)25-14(20)24)19-12(22)9-3-2-6-21(9)13(23)15(16,17)18/h4-5,7,9H,2-3,6H2,1H3,(H,19,22). The molecule has 25 heavy (non-hydrogen) atoms. The second-order valence-corrected chi connectivity index (χ2v) is 5.75. The third kappa shape index (κ3) is 3.11. The minimum atomic E-state index is -5.02. The summed E-state index contributed by atoms with van der Waals surface area (Å²) >= 11 is 0. The maximum absolute atomic E-state index is 12.6. The van der Waals surface area contributed by atoms with Crippen LogP contribution < -0.4 is 11.1 Å². The van der Waals surface area contributed by atoms with Gasteiger partial charge in [-0.05, 0) is 31.0 Å². The molecule has 2 aromatic rings. The minimum Gasteiger partial charge on any atom is -0.408 e. The van der Waals surface area contributed by atoms with Crippen molar-refractivity contribution in [1.82, 2.24) is 9.47 Å². The number of carbonyl (C=O) groups excluding carboxylic acids is 2. The number of aromatic nitrogens is 1. The first-order chi connectivity index (χ1) is 11.7. The SMILES string of the molecule is Cn1c(=O)oc2ccc(NC(=O)C3CCCN3C(=O)C(F)(F)F)cc21. The first-order valence-corrected chi connectivity index (χ1v) is 7.46. The Balaban J connectivity index is 1.81. The van der Waals surface area contributed by atoms with E-state index in [9.17, 15) is 27.6 Å². The molecule has 1 aromatic heterocycles. The highest BCUT2D eigenvalue weighted by molar-refractivity contribution is 5.99. The number of nitrogens with zero attached hydrogens (tertiary/aromatic N) is 2. The predicted octanol–water partition coefficient (Wildman–Crippen LogP) is 1.62. The Morgan fingerprint density at radius 1 is 1.32 bits per heavy atom. The van der Waals surface area contributed by atoms with Crippen LogP contribution in [0.5, 0.6) is 0 Å². The smallest absolute Gasteiger partial charge is 0.408 e. The summed E-state index contributed by atoms with van der Waals surface area (Å²) in [5, 5.41) is 2.49. The highest BCUT2D eigenvalue weighted by Gasteiger charge is 2.47. The van der Waals surface area contributed by atoms with E-state index >= 15 is 0 Å². The minimum absolute atomic E-state index is 0.119. The molecule has 1 unspecified atom stereocenters. The van der Waals surface area contributed by atoms with Crippen LogP contribution in [0.15, 0.2) is 27.4 Å². The van der Waals surface area contributed by atoms with Gasteiger partial charge in [-0.1, -0.05) is 0 Å². The second kappa shape index (κ2) is 5.94. The summed E-state index contributed by atoms with van der Waals surface area (Å²) in [6.45, 7) is -0.119. The van der Waals surface area contributed by atoms with Crippen LogP contribution in [0.3, 0.4) is 0 Å². The quantitative estimate of drug-likeness (QED) is 0.885. The van der Waals surface area contributed by atoms with Gasteiger partial charge in [0.25, 0.3) is 0 Å². The van der Waals surface area contributed by atoms with Gasteiger partial charge in [-0.3, -0.25) is 14.2 Å². The van der Waals surface area contributed by atoms with Crippen LogP contribution in [0.4, 0.5) is 18.9 Å². The highest BCUT2D eigenvalue weighted by Crippen LogP contribution is 2.27. The number of benzene rings is 1. The van der Waals surface area contributed by atoms with Crippen molar-refractivity contribution in [3.63, 3.8) is 0 Å². The lowest BCUT2D eigenvalue weighted by Crippen LogP contribution is -2.48.